The molecule has 0 unspecified atom stereocenters. The Balaban J connectivity index is 1.18. The first kappa shape index (κ1) is 28.3. The zero-order valence-electron chi connectivity index (χ0n) is 27.6. The molecular formula is C45H39N. The first-order valence-electron chi connectivity index (χ1n) is 16.3. The van der Waals surface area contributed by atoms with Crippen molar-refractivity contribution in [2.45, 2.75) is 47.0 Å². The van der Waals surface area contributed by atoms with E-state index in [1.54, 1.807) is 0 Å². The second kappa shape index (κ2) is 10.5. The van der Waals surface area contributed by atoms with Crippen LogP contribution in [0, 0.1) is 20.8 Å². The fourth-order valence-corrected chi connectivity index (χ4v) is 7.06. The Bertz CT molecular complexity index is 2280. The largest absolute Gasteiger partial charge is 0.310 e. The summed E-state index contributed by atoms with van der Waals surface area (Å²) in [4.78, 5) is 2.38. The van der Waals surface area contributed by atoms with Gasteiger partial charge in [-0.2, -0.15) is 0 Å². The molecule has 1 nitrogen and oxygen atoms in total. The minimum Gasteiger partial charge on any atom is -0.310 e. The van der Waals surface area contributed by atoms with Gasteiger partial charge in [0.2, 0.25) is 0 Å². The molecule has 0 fully saturated rings. The molecular weight excluding hydrogens is 555 g/mol. The summed E-state index contributed by atoms with van der Waals surface area (Å²) < 4.78 is 0. The molecule has 0 atom stereocenters. The molecule has 8 rings (SSSR count). The number of hydrogen-bond acceptors (Lipinski definition) is 1. The topological polar surface area (TPSA) is 3.24 Å². The van der Waals surface area contributed by atoms with E-state index in [9.17, 15) is 0 Å². The number of rotatable bonds is 4. The van der Waals surface area contributed by atoms with Crippen LogP contribution in [0.1, 0.15) is 43.0 Å². The van der Waals surface area contributed by atoms with Crippen LogP contribution >= 0.6 is 0 Å². The molecule has 0 amide bonds. The second-order valence-corrected chi connectivity index (χ2v) is 14.1. The van der Waals surface area contributed by atoms with Crippen molar-refractivity contribution in [2.75, 3.05) is 4.90 Å². The highest BCUT2D eigenvalue weighted by atomic mass is 15.1. The van der Waals surface area contributed by atoms with Gasteiger partial charge < -0.3 is 4.90 Å². The van der Waals surface area contributed by atoms with Crippen LogP contribution in [0.4, 0.5) is 17.1 Å². The van der Waals surface area contributed by atoms with Crippen molar-refractivity contribution in [1.82, 2.24) is 0 Å². The molecule has 0 heterocycles. The van der Waals surface area contributed by atoms with Gasteiger partial charge in [-0.05, 0) is 170 Å². The Morgan fingerprint density at radius 1 is 0.413 bits per heavy atom. The van der Waals surface area contributed by atoms with Crippen molar-refractivity contribution >= 4 is 38.6 Å². The zero-order chi connectivity index (χ0) is 31.7. The van der Waals surface area contributed by atoms with E-state index in [1.165, 1.54) is 88.6 Å². The number of nitrogens with zero attached hydrogens (tertiary/aromatic N) is 1. The van der Waals surface area contributed by atoms with Crippen LogP contribution in [0.5, 0.6) is 0 Å². The maximum atomic E-state index is 2.39. The Labute approximate surface area is 272 Å². The molecule has 0 saturated carbocycles. The maximum absolute atomic E-state index is 2.39. The molecule has 0 aliphatic heterocycles. The smallest absolute Gasteiger partial charge is 0.0468 e. The summed E-state index contributed by atoms with van der Waals surface area (Å²) >= 11 is 0. The molecule has 1 aliphatic carbocycles. The monoisotopic (exact) mass is 593 g/mol. The molecule has 7 aromatic rings. The molecule has 0 saturated heterocycles. The normalized spacial score (nSPS) is 12.1. The van der Waals surface area contributed by atoms with Crippen LogP contribution in [0.15, 0.2) is 127 Å². The number of benzene rings is 7. The summed E-state index contributed by atoms with van der Waals surface area (Å²) in [5.41, 5.74) is 16.9. The Morgan fingerprint density at radius 2 is 0.935 bits per heavy atom. The van der Waals surface area contributed by atoms with Crippen LogP contribution in [0.3, 0.4) is 0 Å². The molecule has 46 heavy (non-hydrogen) atoms. The Morgan fingerprint density at radius 3 is 1.52 bits per heavy atom. The first-order valence-corrected chi connectivity index (χ1v) is 16.3. The van der Waals surface area contributed by atoms with E-state index in [0.29, 0.717) is 0 Å². The summed E-state index contributed by atoms with van der Waals surface area (Å²) in [6, 6.07) is 47.7. The maximum Gasteiger partial charge on any atom is 0.0468 e. The summed E-state index contributed by atoms with van der Waals surface area (Å²) in [6.45, 7) is 13.4. The van der Waals surface area contributed by atoms with Crippen LogP contribution in [0.25, 0.3) is 54.9 Å². The molecule has 224 valence electrons. The fourth-order valence-electron chi connectivity index (χ4n) is 7.06. The predicted octanol–water partition coefficient (Wildman–Crippen LogP) is 13.0. The number of para-hydroxylation sites is 1. The third-order valence-corrected chi connectivity index (χ3v) is 10.0. The summed E-state index contributed by atoms with van der Waals surface area (Å²) in [7, 11) is 0. The number of fused-ring (bicyclic) bond motifs is 6. The lowest BCUT2D eigenvalue weighted by atomic mass is 9.77. The highest BCUT2D eigenvalue weighted by molar-refractivity contribution is 6.12. The minimum absolute atomic E-state index is 0.157. The van der Waals surface area contributed by atoms with Crippen molar-refractivity contribution in [2.24, 2.45) is 0 Å². The van der Waals surface area contributed by atoms with Gasteiger partial charge in [-0.1, -0.05) is 81.4 Å². The standard InChI is InChI=1S/C45H39N/c1-28-20-40(21-29(2)30(28)3)46(38-10-8-7-9-11-38)39-19-16-34-25-42-43-26-35-22-32(31-14-17-37(18-15-31)45(4,5)6)12-13-33(35)24-41(43)44(42)27-36(34)23-39/h7-27H,1-6H3. The van der Waals surface area contributed by atoms with E-state index in [2.05, 4.69) is 174 Å². The van der Waals surface area contributed by atoms with Gasteiger partial charge in [0.25, 0.3) is 0 Å². The van der Waals surface area contributed by atoms with Gasteiger partial charge in [0.1, 0.15) is 0 Å². The molecule has 0 spiro atoms. The molecule has 1 aliphatic rings. The van der Waals surface area contributed by atoms with E-state index < -0.39 is 0 Å². The SMILES string of the molecule is Cc1cc(N(c2ccccc2)c2ccc3cc4c(cc3c2)-c2cc3ccc(-c5ccc(C(C)(C)C)cc5)cc3cc2-4)cc(C)c1C. The molecule has 0 aromatic heterocycles. The van der Waals surface area contributed by atoms with Crippen molar-refractivity contribution in [3.63, 3.8) is 0 Å². The number of aryl methyl sites for hydroxylation is 2. The summed E-state index contributed by atoms with van der Waals surface area (Å²) in [5, 5.41) is 5.11. The fraction of sp³-hybridized carbons (Fsp3) is 0.156. The molecule has 0 N–H and O–H groups in total. The number of anilines is 3. The predicted molar refractivity (Wildman–Crippen MR) is 199 cm³/mol. The lowest BCUT2D eigenvalue weighted by Gasteiger charge is -2.28. The van der Waals surface area contributed by atoms with Crippen LogP contribution < -0.4 is 4.90 Å². The van der Waals surface area contributed by atoms with Gasteiger partial charge in [-0.15, -0.1) is 0 Å². The van der Waals surface area contributed by atoms with E-state index in [1.807, 2.05) is 0 Å². The van der Waals surface area contributed by atoms with Gasteiger partial charge >= 0.3 is 0 Å². The summed E-state index contributed by atoms with van der Waals surface area (Å²) in [5.74, 6) is 0. The van der Waals surface area contributed by atoms with E-state index in [4.69, 9.17) is 0 Å². The van der Waals surface area contributed by atoms with E-state index in [0.717, 1.165) is 5.69 Å². The minimum atomic E-state index is 0.157. The van der Waals surface area contributed by atoms with Crippen molar-refractivity contribution in [3.05, 3.63) is 150 Å². The highest BCUT2D eigenvalue weighted by Crippen LogP contribution is 2.51. The average molecular weight is 594 g/mol. The Kier molecular flexibility index (Phi) is 6.44. The van der Waals surface area contributed by atoms with E-state index in [-0.39, 0.29) is 5.41 Å². The van der Waals surface area contributed by atoms with Gasteiger partial charge in [-0.3, -0.25) is 0 Å². The molecule has 1 heteroatoms. The van der Waals surface area contributed by atoms with Gasteiger partial charge in [0.15, 0.2) is 0 Å². The average Bonchev–Trinajstić information content (AvgIpc) is 3.05. The zero-order valence-corrected chi connectivity index (χ0v) is 27.6. The first-order chi connectivity index (χ1) is 22.1. The van der Waals surface area contributed by atoms with Crippen molar-refractivity contribution in [1.29, 1.82) is 0 Å². The van der Waals surface area contributed by atoms with Crippen LogP contribution in [-0.2, 0) is 5.41 Å². The summed E-state index contributed by atoms with van der Waals surface area (Å²) in [6.07, 6.45) is 0. The highest BCUT2D eigenvalue weighted by Gasteiger charge is 2.24. The van der Waals surface area contributed by atoms with Crippen molar-refractivity contribution < 1.29 is 0 Å². The second-order valence-electron chi connectivity index (χ2n) is 14.1. The van der Waals surface area contributed by atoms with Crippen molar-refractivity contribution in [3.8, 4) is 33.4 Å². The quantitative estimate of drug-likeness (QED) is 0.196. The molecule has 7 aromatic carbocycles. The van der Waals surface area contributed by atoms with Gasteiger partial charge in [-0.25, -0.2) is 0 Å². The third kappa shape index (κ3) is 4.70. The number of hydrogen-bond donors (Lipinski definition) is 0. The molecule has 0 radical (unpaired) electrons. The van der Waals surface area contributed by atoms with Gasteiger partial charge in [0, 0.05) is 17.1 Å². The van der Waals surface area contributed by atoms with Crippen LogP contribution in [-0.4, -0.2) is 0 Å². The lowest BCUT2D eigenvalue weighted by molar-refractivity contribution is 0.590. The van der Waals surface area contributed by atoms with E-state index >= 15 is 0 Å². The van der Waals surface area contributed by atoms with Crippen LogP contribution in [0.2, 0.25) is 0 Å². The Hall–Kier alpha value is -5.14. The molecule has 0 bridgehead atoms. The lowest BCUT2D eigenvalue weighted by Crippen LogP contribution is -2.11. The third-order valence-electron chi connectivity index (χ3n) is 10.0. The van der Waals surface area contributed by atoms with Gasteiger partial charge in [0.05, 0.1) is 0 Å².